The molecule has 1 unspecified atom stereocenters. The van der Waals surface area contributed by atoms with Crippen LogP contribution in [0, 0.1) is 13.8 Å². The normalized spacial score (nSPS) is 12.6. The average Bonchev–Trinajstić information content (AvgIpc) is 2.26. The van der Waals surface area contributed by atoms with Crippen LogP contribution in [0.15, 0.2) is 6.07 Å². The lowest BCUT2D eigenvalue weighted by Crippen LogP contribution is -2.30. The Morgan fingerprint density at radius 1 is 1.44 bits per heavy atom. The summed E-state index contributed by atoms with van der Waals surface area (Å²) in [5.41, 5.74) is 3.05. The third kappa shape index (κ3) is 2.53. The van der Waals surface area contributed by atoms with Gasteiger partial charge in [-0.2, -0.15) is 0 Å². The number of aliphatic hydroxyl groups excluding tert-OH is 1. The van der Waals surface area contributed by atoms with Crippen LogP contribution < -0.4 is 4.90 Å². The molecule has 0 amide bonds. The topological polar surface area (TPSA) is 36.4 Å². The Labute approximate surface area is 98.1 Å². The molecule has 90 valence electrons. The molecule has 1 aromatic rings. The minimum atomic E-state index is 0.0508. The van der Waals surface area contributed by atoms with Gasteiger partial charge in [-0.25, -0.2) is 4.98 Å². The third-order valence-corrected chi connectivity index (χ3v) is 3.20. The highest BCUT2D eigenvalue weighted by atomic mass is 16.3. The molecule has 1 aromatic heterocycles. The molecule has 1 heterocycles. The smallest absolute Gasteiger partial charge is 0.134 e. The highest BCUT2D eigenvalue weighted by Crippen LogP contribution is 2.23. The SMILES string of the molecule is CCC(C)N(C)c1nc(C)cc(C)c1CO. The van der Waals surface area contributed by atoms with Gasteiger partial charge in [0.25, 0.3) is 0 Å². The molecule has 1 rings (SSSR count). The van der Waals surface area contributed by atoms with Gasteiger partial charge in [0, 0.05) is 24.3 Å². The maximum absolute atomic E-state index is 9.43. The standard InChI is InChI=1S/C13H22N2O/c1-6-11(4)15(5)13-12(8-16)9(2)7-10(3)14-13/h7,11,16H,6,8H2,1-5H3. The van der Waals surface area contributed by atoms with E-state index in [1.54, 1.807) is 0 Å². The third-order valence-electron chi connectivity index (χ3n) is 3.20. The minimum Gasteiger partial charge on any atom is -0.392 e. The van der Waals surface area contributed by atoms with Crippen molar-refractivity contribution >= 4 is 5.82 Å². The lowest BCUT2D eigenvalue weighted by Gasteiger charge is -2.27. The number of pyridine rings is 1. The average molecular weight is 222 g/mol. The van der Waals surface area contributed by atoms with Crippen molar-refractivity contribution in [2.45, 2.75) is 46.8 Å². The number of hydrogen-bond donors (Lipinski definition) is 1. The van der Waals surface area contributed by atoms with Crippen molar-refractivity contribution in [1.82, 2.24) is 4.98 Å². The second-order valence-corrected chi connectivity index (χ2v) is 4.41. The maximum atomic E-state index is 9.43. The summed E-state index contributed by atoms with van der Waals surface area (Å²) in [7, 11) is 2.04. The molecule has 1 atom stereocenters. The molecule has 16 heavy (non-hydrogen) atoms. The molecule has 3 nitrogen and oxygen atoms in total. The van der Waals surface area contributed by atoms with Crippen molar-refractivity contribution in [1.29, 1.82) is 0 Å². The molecule has 1 N–H and O–H groups in total. The van der Waals surface area contributed by atoms with Crippen LogP contribution in [0.5, 0.6) is 0 Å². The zero-order chi connectivity index (χ0) is 12.3. The first kappa shape index (κ1) is 13.0. The van der Waals surface area contributed by atoms with Crippen LogP contribution in [-0.2, 0) is 6.61 Å². The number of nitrogens with zero attached hydrogens (tertiary/aromatic N) is 2. The number of hydrogen-bond acceptors (Lipinski definition) is 3. The molecule has 0 fully saturated rings. The molecule has 0 aliphatic rings. The van der Waals surface area contributed by atoms with Crippen molar-refractivity contribution in [2.24, 2.45) is 0 Å². The zero-order valence-electron chi connectivity index (χ0n) is 10.9. The summed E-state index contributed by atoms with van der Waals surface area (Å²) in [6.45, 7) is 8.38. The summed E-state index contributed by atoms with van der Waals surface area (Å²) < 4.78 is 0. The molecule has 0 aromatic carbocycles. The monoisotopic (exact) mass is 222 g/mol. The summed E-state index contributed by atoms with van der Waals surface area (Å²) in [6, 6.07) is 2.44. The van der Waals surface area contributed by atoms with Crippen molar-refractivity contribution in [2.75, 3.05) is 11.9 Å². The molecule has 0 aliphatic carbocycles. The van der Waals surface area contributed by atoms with E-state index in [1.165, 1.54) is 0 Å². The largest absolute Gasteiger partial charge is 0.392 e. The Hall–Kier alpha value is -1.09. The van der Waals surface area contributed by atoms with E-state index < -0.39 is 0 Å². The molecule has 0 saturated carbocycles. The first-order chi connectivity index (χ1) is 7.51. The van der Waals surface area contributed by atoms with E-state index in [0.29, 0.717) is 6.04 Å². The van der Waals surface area contributed by atoms with Gasteiger partial charge in [-0.1, -0.05) is 6.92 Å². The number of anilines is 1. The van der Waals surface area contributed by atoms with Crippen LogP contribution in [-0.4, -0.2) is 23.2 Å². The number of rotatable bonds is 4. The van der Waals surface area contributed by atoms with Gasteiger partial charge in [0.2, 0.25) is 0 Å². The van der Waals surface area contributed by atoms with Gasteiger partial charge >= 0.3 is 0 Å². The predicted octanol–water partition coefficient (Wildman–Crippen LogP) is 2.43. The molecule has 0 aliphatic heterocycles. The van der Waals surface area contributed by atoms with E-state index in [-0.39, 0.29) is 6.61 Å². The van der Waals surface area contributed by atoms with E-state index in [2.05, 4.69) is 23.7 Å². The fraction of sp³-hybridized carbons (Fsp3) is 0.615. The van der Waals surface area contributed by atoms with Crippen LogP contribution in [0.1, 0.15) is 37.1 Å². The molecule has 0 saturated heterocycles. The van der Waals surface area contributed by atoms with E-state index in [1.807, 2.05) is 27.0 Å². The maximum Gasteiger partial charge on any atom is 0.134 e. The van der Waals surface area contributed by atoms with Crippen LogP contribution >= 0.6 is 0 Å². The molecule has 0 bridgehead atoms. The molecule has 0 spiro atoms. The van der Waals surface area contributed by atoms with E-state index >= 15 is 0 Å². The van der Waals surface area contributed by atoms with Crippen LogP contribution in [0.2, 0.25) is 0 Å². The van der Waals surface area contributed by atoms with Gasteiger partial charge in [-0.05, 0) is 38.8 Å². The van der Waals surface area contributed by atoms with Gasteiger partial charge in [-0.3, -0.25) is 0 Å². The minimum absolute atomic E-state index is 0.0508. The van der Waals surface area contributed by atoms with Crippen molar-refractivity contribution in [3.05, 3.63) is 22.9 Å². The summed E-state index contributed by atoms with van der Waals surface area (Å²) >= 11 is 0. The van der Waals surface area contributed by atoms with Crippen LogP contribution in [0.3, 0.4) is 0 Å². The molecule has 0 radical (unpaired) electrons. The Balaban J connectivity index is 3.20. The highest BCUT2D eigenvalue weighted by molar-refractivity contribution is 5.51. The van der Waals surface area contributed by atoms with E-state index in [0.717, 1.165) is 29.1 Å². The highest BCUT2D eigenvalue weighted by Gasteiger charge is 2.15. The Morgan fingerprint density at radius 2 is 2.06 bits per heavy atom. The van der Waals surface area contributed by atoms with Crippen LogP contribution in [0.4, 0.5) is 5.82 Å². The Kier molecular flexibility index (Phi) is 4.30. The second kappa shape index (κ2) is 5.30. The first-order valence-corrected chi connectivity index (χ1v) is 5.82. The van der Waals surface area contributed by atoms with Crippen LogP contribution in [0.25, 0.3) is 0 Å². The zero-order valence-corrected chi connectivity index (χ0v) is 10.9. The lowest BCUT2D eigenvalue weighted by molar-refractivity contribution is 0.280. The first-order valence-electron chi connectivity index (χ1n) is 5.82. The fourth-order valence-corrected chi connectivity index (χ4v) is 1.81. The summed E-state index contributed by atoms with van der Waals surface area (Å²) in [6.07, 6.45) is 1.07. The number of aromatic nitrogens is 1. The van der Waals surface area contributed by atoms with Gasteiger partial charge < -0.3 is 10.0 Å². The van der Waals surface area contributed by atoms with Crippen molar-refractivity contribution in [3.8, 4) is 0 Å². The Bertz CT molecular complexity index is 363. The van der Waals surface area contributed by atoms with E-state index in [9.17, 15) is 5.11 Å². The number of aryl methyl sites for hydroxylation is 2. The van der Waals surface area contributed by atoms with Crippen molar-refractivity contribution < 1.29 is 5.11 Å². The number of aliphatic hydroxyl groups is 1. The quantitative estimate of drug-likeness (QED) is 0.850. The lowest BCUT2D eigenvalue weighted by atomic mass is 10.1. The fourth-order valence-electron chi connectivity index (χ4n) is 1.81. The van der Waals surface area contributed by atoms with Crippen molar-refractivity contribution in [3.63, 3.8) is 0 Å². The van der Waals surface area contributed by atoms with Gasteiger partial charge in [-0.15, -0.1) is 0 Å². The van der Waals surface area contributed by atoms with E-state index in [4.69, 9.17) is 0 Å². The molecule has 3 heteroatoms. The summed E-state index contributed by atoms with van der Waals surface area (Å²) in [5.74, 6) is 0.911. The molecular weight excluding hydrogens is 200 g/mol. The second-order valence-electron chi connectivity index (χ2n) is 4.41. The van der Waals surface area contributed by atoms with Gasteiger partial charge in [0.05, 0.1) is 6.61 Å². The summed E-state index contributed by atoms with van der Waals surface area (Å²) in [5, 5.41) is 9.43. The molecular formula is C13H22N2O. The Morgan fingerprint density at radius 3 is 2.56 bits per heavy atom. The summed E-state index contributed by atoms with van der Waals surface area (Å²) in [4.78, 5) is 6.68. The van der Waals surface area contributed by atoms with Gasteiger partial charge in [0.15, 0.2) is 0 Å². The predicted molar refractivity (Wildman–Crippen MR) is 67.8 cm³/mol. The van der Waals surface area contributed by atoms with Gasteiger partial charge in [0.1, 0.15) is 5.82 Å².